The molecule has 1 unspecified atom stereocenters. The van der Waals surface area contributed by atoms with Gasteiger partial charge in [-0.2, -0.15) is 0 Å². The molecule has 1 rings (SSSR count). The molecule has 0 aliphatic heterocycles. The lowest BCUT2D eigenvalue weighted by atomic mass is 10.2. The topological polar surface area (TPSA) is 91.3 Å². The number of rotatable bonds is 6. The van der Waals surface area contributed by atoms with Gasteiger partial charge in [0.2, 0.25) is 0 Å². The predicted octanol–water partition coefficient (Wildman–Crippen LogP) is 0.400. The molecule has 100 valence electrons. The highest BCUT2D eigenvalue weighted by atomic mass is 16.4. The summed E-state index contributed by atoms with van der Waals surface area (Å²) in [7, 11) is 0. The normalized spacial score (nSPS) is 11.1. The molecule has 1 aromatic heterocycles. The summed E-state index contributed by atoms with van der Waals surface area (Å²) in [6.45, 7) is 0.389. The largest absolute Gasteiger partial charge is 0.480 e. The lowest BCUT2D eigenvalue weighted by Gasteiger charge is -2.12. The monoisotopic (exact) mass is 261 g/mol. The van der Waals surface area contributed by atoms with E-state index in [0.717, 1.165) is 5.56 Å². The van der Waals surface area contributed by atoms with Crippen molar-refractivity contribution in [3.05, 3.63) is 30.1 Å². The number of aromatic nitrogens is 1. The zero-order valence-electron chi connectivity index (χ0n) is 10.3. The number of amides is 2. The first-order chi connectivity index (χ1) is 9.13. The van der Waals surface area contributed by atoms with Crippen molar-refractivity contribution in [2.75, 3.05) is 6.54 Å². The summed E-state index contributed by atoms with van der Waals surface area (Å²) < 4.78 is 0. The van der Waals surface area contributed by atoms with Gasteiger partial charge in [0, 0.05) is 25.4 Å². The third kappa shape index (κ3) is 5.55. The van der Waals surface area contributed by atoms with Crippen LogP contribution >= 0.6 is 0 Å². The number of pyridine rings is 1. The van der Waals surface area contributed by atoms with Gasteiger partial charge in [0.25, 0.3) is 0 Å². The molecule has 0 fully saturated rings. The van der Waals surface area contributed by atoms with E-state index in [1.807, 2.05) is 12.1 Å². The summed E-state index contributed by atoms with van der Waals surface area (Å²) in [6.07, 6.45) is 8.97. The third-order valence-electron chi connectivity index (χ3n) is 2.35. The SMILES string of the molecule is C#CCC(NC(=O)NCCc1cccnc1)C(=O)O. The molecule has 0 bridgehead atoms. The molecular weight excluding hydrogens is 246 g/mol. The predicted molar refractivity (Wildman–Crippen MR) is 69.3 cm³/mol. The Morgan fingerprint density at radius 1 is 1.53 bits per heavy atom. The average Bonchev–Trinajstić information content (AvgIpc) is 2.39. The Balaban J connectivity index is 2.31. The lowest BCUT2D eigenvalue weighted by Crippen LogP contribution is -2.46. The zero-order valence-corrected chi connectivity index (χ0v) is 10.3. The van der Waals surface area contributed by atoms with Crippen LogP contribution in [-0.4, -0.2) is 34.7 Å². The molecule has 2 amide bonds. The van der Waals surface area contributed by atoms with Crippen molar-refractivity contribution in [1.82, 2.24) is 15.6 Å². The van der Waals surface area contributed by atoms with Gasteiger partial charge in [-0.25, -0.2) is 9.59 Å². The zero-order chi connectivity index (χ0) is 14.1. The van der Waals surface area contributed by atoms with Crippen LogP contribution in [0, 0.1) is 12.3 Å². The highest BCUT2D eigenvalue weighted by molar-refractivity contribution is 5.82. The summed E-state index contributed by atoms with van der Waals surface area (Å²) in [5.74, 6) is 1.05. The van der Waals surface area contributed by atoms with Crippen LogP contribution in [0.2, 0.25) is 0 Å². The minimum absolute atomic E-state index is 0.0502. The van der Waals surface area contributed by atoms with Crippen LogP contribution in [0.3, 0.4) is 0 Å². The van der Waals surface area contributed by atoms with E-state index in [9.17, 15) is 9.59 Å². The molecule has 0 radical (unpaired) electrons. The van der Waals surface area contributed by atoms with Crippen LogP contribution in [0.25, 0.3) is 0 Å². The van der Waals surface area contributed by atoms with E-state index in [4.69, 9.17) is 11.5 Å². The van der Waals surface area contributed by atoms with E-state index in [1.54, 1.807) is 12.4 Å². The Bertz CT molecular complexity index is 468. The minimum atomic E-state index is -1.15. The van der Waals surface area contributed by atoms with Crippen molar-refractivity contribution in [2.24, 2.45) is 0 Å². The first-order valence-corrected chi connectivity index (χ1v) is 5.73. The molecule has 0 aliphatic rings. The maximum Gasteiger partial charge on any atom is 0.327 e. The van der Waals surface area contributed by atoms with Crippen LogP contribution in [0.15, 0.2) is 24.5 Å². The van der Waals surface area contributed by atoms with Gasteiger partial charge in [0.05, 0.1) is 0 Å². The van der Waals surface area contributed by atoms with E-state index in [1.165, 1.54) is 0 Å². The van der Waals surface area contributed by atoms with E-state index in [2.05, 4.69) is 21.5 Å². The second-order valence-electron chi connectivity index (χ2n) is 3.81. The molecular formula is C13H15N3O3. The van der Waals surface area contributed by atoms with Crippen molar-refractivity contribution in [2.45, 2.75) is 18.9 Å². The first kappa shape index (κ1) is 14.5. The molecule has 1 atom stereocenters. The molecule has 6 heteroatoms. The molecule has 3 N–H and O–H groups in total. The van der Waals surface area contributed by atoms with Gasteiger partial charge in [-0.05, 0) is 18.1 Å². The number of urea groups is 1. The number of hydrogen-bond donors (Lipinski definition) is 3. The number of terminal acetylenes is 1. The van der Waals surface area contributed by atoms with Gasteiger partial charge in [0.1, 0.15) is 6.04 Å². The first-order valence-electron chi connectivity index (χ1n) is 5.73. The van der Waals surface area contributed by atoms with E-state index in [0.29, 0.717) is 13.0 Å². The average molecular weight is 261 g/mol. The molecule has 0 aliphatic carbocycles. The Morgan fingerprint density at radius 3 is 2.89 bits per heavy atom. The van der Waals surface area contributed by atoms with Gasteiger partial charge in [-0.3, -0.25) is 4.98 Å². The Morgan fingerprint density at radius 2 is 2.32 bits per heavy atom. The van der Waals surface area contributed by atoms with Gasteiger partial charge in [0.15, 0.2) is 0 Å². The number of hydrogen-bond acceptors (Lipinski definition) is 3. The van der Waals surface area contributed by atoms with Crippen LogP contribution in [0.1, 0.15) is 12.0 Å². The Kier molecular flexibility index (Phi) is 5.89. The number of carbonyl (C=O) groups excluding carboxylic acids is 1. The van der Waals surface area contributed by atoms with Crippen molar-refractivity contribution < 1.29 is 14.7 Å². The molecule has 0 saturated carbocycles. The molecule has 6 nitrogen and oxygen atoms in total. The summed E-state index contributed by atoms with van der Waals surface area (Å²) in [6, 6.07) is 2.09. The second-order valence-corrected chi connectivity index (χ2v) is 3.81. The van der Waals surface area contributed by atoms with E-state index >= 15 is 0 Å². The third-order valence-corrected chi connectivity index (χ3v) is 2.35. The van der Waals surface area contributed by atoms with E-state index in [-0.39, 0.29) is 6.42 Å². The van der Waals surface area contributed by atoms with Crippen molar-refractivity contribution in [3.63, 3.8) is 0 Å². The Labute approximate surface area is 111 Å². The van der Waals surface area contributed by atoms with Crippen LogP contribution in [-0.2, 0) is 11.2 Å². The molecule has 19 heavy (non-hydrogen) atoms. The fourth-order valence-corrected chi connectivity index (χ4v) is 1.39. The molecule has 0 aromatic carbocycles. The van der Waals surface area contributed by atoms with Gasteiger partial charge < -0.3 is 15.7 Å². The van der Waals surface area contributed by atoms with Crippen molar-refractivity contribution in [3.8, 4) is 12.3 Å². The standard InChI is InChI=1S/C13H15N3O3/c1-2-4-11(12(17)18)16-13(19)15-8-6-10-5-3-7-14-9-10/h1,3,5,7,9,11H,4,6,8H2,(H,17,18)(H2,15,16,19). The van der Waals surface area contributed by atoms with Crippen molar-refractivity contribution in [1.29, 1.82) is 0 Å². The van der Waals surface area contributed by atoms with Gasteiger partial charge in [-0.15, -0.1) is 12.3 Å². The molecule has 0 saturated heterocycles. The summed E-state index contributed by atoms with van der Waals surface area (Å²) in [4.78, 5) is 26.2. The molecule has 1 heterocycles. The number of nitrogens with zero attached hydrogens (tertiary/aromatic N) is 1. The van der Waals surface area contributed by atoms with Crippen molar-refractivity contribution >= 4 is 12.0 Å². The van der Waals surface area contributed by atoms with E-state index < -0.39 is 18.0 Å². The smallest absolute Gasteiger partial charge is 0.327 e. The van der Waals surface area contributed by atoms with Gasteiger partial charge >= 0.3 is 12.0 Å². The second kappa shape index (κ2) is 7.71. The summed E-state index contributed by atoms with van der Waals surface area (Å²) >= 11 is 0. The number of carbonyl (C=O) groups is 2. The summed E-state index contributed by atoms with van der Waals surface area (Å²) in [5.41, 5.74) is 0.987. The number of nitrogens with one attached hydrogen (secondary N) is 2. The highest BCUT2D eigenvalue weighted by Crippen LogP contribution is 1.95. The van der Waals surface area contributed by atoms with Gasteiger partial charge in [-0.1, -0.05) is 6.07 Å². The minimum Gasteiger partial charge on any atom is -0.480 e. The molecule has 0 spiro atoms. The maximum atomic E-state index is 11.5. The Hall–Kier alpha value is -2.55. The quantitative estimate of drug-likeness (QED) is 0.646. The highest BCUT2D eigenvalue weighted by Gasteiger charge is 2.18. The molecule has 1 aromatic rings. The number of aliphatic carboxylic acids is 1. The number of carboxylic acid groups (broad SMARTS) is 1. The number of carboxylic acids is 1. The fraction of sp³-hybridized carbons (Fsp3) is 0.308. The van der Waals surface area contributed by atoms with Crippen LogP contribution in [0.5, 0.6) is 0 Å². The van der Waals surface area contributed by atoms with Crippen LogP contribution < -0.4 is 10.6 Å². The maximum absolute atomic E-state index is 11.5. The summed E-state index contributed by atoms with van der Waals surface area (Å²) in [5, 5.41) is 13.7. The van der Waals surface area contributed by atoms with Crippen LogP contribution in [0.4, 0.5) is 4.79 Å². The fourth-order valence-electron chi connectivity index (χ4n) is 1.39. The lowest BCUT2D eigenvalue weighted by molar-refractivity contribution is -0.139.